The van der Waals surface area contributed by atoms with E-state index in [0.717, 1.165) is 0 Å². The average Bonchev–Trinajstić information content (AvgIpc) is 3.51. The number of amides is 3. The number of ketones is 2. The largest absolute Gasteiger partial charge is 0.508 e. The van der Waals surface area contributed by atoms with Crippen molar-refractivity contribution in [2.24, 2.45) is 17.6 Å². The number of phenolic OH excluding ortho intramolecular Hbond substituents is 1. The first-order chi connectivity index (χ1) is 20.9. The molecule has 14 nitrogen and oxygen atoms in total. The summed E-state index contributed by atoms with van der Waals surface area (Å²) in [6, 6.07) is 3.97. The number of hydrogen-bond acceptors (Lipinski definition) is 11. The number of phenols is 1. The number of nitrogens with one attached hydrogen (secondary N) is 2. The minimum Gasteiger partial charge on any atom is -0.508 e. The van der Waals surface area contributed by atoms with Gasteiger partial charge in [-0.2, -0.15) is 0 Å². The van der Waals surface area contributed by atoms with Crippen molar-refractivity contribution in [3.63, 3.8) is 0 Å². The number of nitrogens with two attached hydrogens (primary N) is 1. The molecule has 6 rings (SSSR count). The van der Waals surface area contributed by atoms with E-state index in [0.29, 0.717) is 31.4 Å². The van der Waals surface area contributed by atoms with E-state index in [9.17, 15) is 44.4 Å². The van der Waals surface area contributed by atoms with Crippen LogP contribution in [-0.4, -0.2) is 86.4 Å². The molecular weight excluding hydrogens is 578 g/mol. The van der Waals surface area contributed by atoms with E-state index < -0.39 is 82.0 Å². The predicted molar refractivity (Wildman–Crippen MR) is 149 cm³/mol. The Balaban J connectivity index is 1.29. The highest BCUT2D eigenvalue weighted by molar-refractivity contribution is 6.23. The Morgan fingerprint density at radius 2 is 1.89 bits per heavy atom. The van der Waals surface area contributed by atoms with Crippen LogP contribution in [0.4, 0.5) is 4.79 Å². The topological polar surface area (TPSA) is 235 Å². The van der Waals surface area contributed by atoms with E-state index in [1.807, 2.05) is 0 Å². The molecule has 3 unspecified atom stereocenters. The SMILES string of the molecule is C[C@H]1c2cccc(O)c2C(O)=C2C(=O)[C@]3(O)C(O)=C(C(N)=O)C(=O)C[C@@H]3[C@@H](OC(=O)CCCCC3OCC4NC(=O)NC43)[C@@H]21. The lowest BCUT2D eigenvalue weighted by atomic mass is 9.55. The van der Waals surface area contributed by atoms with Crippen molar-refractivity contribution in [1.29, 1.82) is 0 Å². The van der Waals surface area contributed by atoms with Gasteiger partial charge >= 0.3 is 12.0 Å². The molecule has 0 radical (unpaired) electrons. The van der Waals surface area contributed by atoms with Gasteiger partial charge in [-0.05, 0) is 30.4 Å². The van der Waals surface area contributed by atoms with Gasteiger partial charge < -0.3 is 46.3 Å². The Bertz CT molecular complexity index is 1550. The monoisotopic (exact) mass is 611 g/mol. The second-order valence-corrected chi connectivity index (χ2v) is 12.1. The van der Waals surface area contributed by atoms with Gasteiger partial charge in [-0.3, -0.25) is 19.2 Å². The summed E-state index contributed by atoms with van der Waals surface area (Å²) in [6.07, 6.45) is -0.836. The van der Waals surface area contributed by atoms with Gasteiger partial charge in [-0.15, -0.1) is 0 Å². The highest BCUT2D eigenvalue weighted by Crippen LogP contribution is 2.56. The summed E-state index contributed by atoms with van der Waals surface area (Å²) in [5, 5.41) is 50.2. The number of aliphatic hydroxyl groups is 3. The molecule has 0 spiro atoms. The fourth-order valence-electron chi connectivity index (χ4n) is 7.55. The van der Waals surface area contributed by atoms with E-state index in [4.69, 9.17) is 15.2 Å². The average molecular weight is 612 g/mol. The molecule has 8 N–H and O–H groups in total. The lowest BCUT2D eigenvalue weighted by Crippen LogP contribution is -2.64. The zero-order valence-electron chi connectivity index (χ0n) is 23.7. The van der Waals surface area contributed by atoms with Crippen LogP contribution in [0.15, 0.2) is 35.1 Å². The summed E-state index contributed by atoms with van der Waals surface area (Å²) in [6.45, 7) is 2.08. The van der Waals surface area contributed by atoms with Gasteiger partial charge in [0.15, 0.2) is 11.4 Å². The van der Waals surface area contributed by atoms with Gasteiger partial charge in [0.25, 0.3) is 5.91 Å². The molecule has 2 aliphatic heterocycles. The zero-order valence-corrected chi connectivity index (χ0v) is 23.7. The van der Waals surface area contributed by atoms with E-state index >= 15 is 0 Å². The van der Waals surface area contributed by atoms with Crippen molar-refractivity contribution in [3.8, 4) is 5.75 Å². The van der Waals surface area contributed by atoms with Crippen molar-refractivity contribution in [1.82, 2.24) is 10.6 Å². The number of aliphatic hydroxyl groups excluding tert-OH is 2. The number of hydrogen-bond donors (Lipinski definition) is 7. The molecule has 0 aromatic heterocycles. The van der Waals surface area contributed by atoms with Crippen LogP contribution in [0.3, 0.4) is 0 Å². The highest BCUT2D eigenvalue weighted by Gasteiger charge is 2.66. The number of primary amides is 1. The molecule has 0 bridgehead atoms. The molecule has 1 aromatic rings. The maximum Gasteiger partial charge on any atom is 0.315 e. The molecule has 234 valence electrons. The Morgan fingerprint density at radius 1 is 1.14 bits per heavy atom. The van der Waals surface area contributed by atoms with Crippen LogP contribution < -0.4 is 16.4 Å². The Labute approximate surface area is 250 Å². The van der Waals surface area contributed by atoms with Crippen LogP contribution in [-0.2, 0) is 28.7 Å². The molecule has 1 saturated carbocycles. The predicted octanol–water partition coefficient (Wildman–Crippen LogP) is 0.516. The van der Waals surface area contributed by atoms with Crippen LogP contribution in [0.2, 0.25) is 0 Å². The molecule has 3 fully saturated rings. The number of ether oxygens (including phenoxy) is 2. The van der Waals surface area contributed by atoms with Gasteiger partial charge in [-0.25, -0.2) is 4.79 Å². The molecule has 8 atom stereocenters. The van der Waals surface area contributed by atoms with Gasteiger partial charge in [0.1, 0.15) is 28.9 Å². The quantitative estimate of drug-likeness (QED) is 0.127. The second kappa shape index (κ2) is 10.6. The van der Waals surface area contributed by atoms with Crippen molar-refractivity contribution in [2.75, 3.05) is 6.61 Å². The van der Waals surface area contributed by atoms with Crippen molar-refractivity contribution < 1.29 is 53.9 Å². The highest BCUT2D eigenvalue weighted by atomic mass is 16.5. The molecule has 3 aliphatic carbocycles. The first kappa shape index (κ1) is 29.6. The van der Waals surface area contributed by atoms with E-state index in [1.54, 1.807) is 19.1 Å². The fraction of sp³-hybridized carbons (Fsp3) is 0.500. The van der Waals surface area contributed by atoms with Gasteiger partial charge in [0, 0.05) is 30.3 Å². The zero-order chi connectivity index (χ0) is 31.7. The van der Waals surface area contributed by atoms with Crippen LogP contribution in [0.5, 0.6) is 5.75 Å². The normalized spacial score (nSPS) is 34.0. The number of benzene rings is 1. The van der Waals surface area contributed by atoms with Crippen LogP contribution in [0.25, 0.3) is 5.76 Å². The van der Waals surface area contributed by atoms with Gasteiger partial charge in [-0.1, -0.05) is 25.5 Å². The summed E-state index contributed by atoms with van der Waals surface area (Å²) in [5.74, 6) is -9.69. The molecule has 14 heteroatoms. The summed E-state index contributed by atoms with van der Waals surface area (Å²) >= 11 is 0. The number of carbonyl (C=O) groups excluding carboxylic acids is 5. The van der Waals surface area contributed by atoms with Crippen LogP contribution >= 0.6 is 0 Å². The molecule has 2 heterocycles. The Kier molecular flexibility index (Phi) is 7.16. The first-order valence-electron chi connectivity index (χ1n) is 14.5. The number of aromatic hydroxyl groups is 1. The summed E-state index contributed by atoms with van der Waals surface area (Å²) in [4.78, 5) is 63.8. The number of carbonyl (C=O) groups is 5. The fourth-order valence-corrected chi connectivity index (χ4v) is 7.55. The van der Waals surface area contributed by atoms with Gasteiger partial charge in [0.2, 0.25) is 5.78 Å². The molecule has 5 aliphatic rings. The Hall–Kier alpha value is -4.43. The molecule has 44 heavy (non-hydrogen) atoms. The number of rotatable bonds is 7. The molecule has 1 aromatic carbocycles. The van der Waals surface area contributed by atoms with Crippen LogP contribution in [0, 0.1) is 11.8 Å². The maximum atomic E-state index is 14.0. The summed E-state index contributed by atoms with van der Waals surface area (Å²) in [5.41, 5.74) is 1.41. The number of unbranched alkanes of at least 4 members (excludes halogenated alkanes) is 1. The minimum absolute atomic E-state index is 0.0535. The van der Waals surface area contributed by atoms with E-state index in [2.05, 4.69) is 10.6 Å². The minimum atomic E-state index is -2.92. The third-order valence-corrected chi connectivity index (χ3v) is 9.66. The summed E-state index contributed by atoms with van der Waals surface area (Å²) < 4.78 is 11.6. The second-order valence-electron chi connectivity index (χ2n) is 12.1. The van der Waals surface area contributed by atoms with Crippen molar-refractivity contribution in [3.05, 3.63) is 46.2 Å². The first-order valence-corrected chi connectivity index (χ1v) is 14.5. The third-order valence-electron chi connectivity index (χ3n) is 9.66. The van der Waals surface area contributed by atoms with E-state index in [-0.39, 0.29) is 42.0 Å². The van der Waals surface area contributed by atoms with Crippen molar-refractivity contribution >= 4 is 35.2 Å². The molecular formula is C30H33N3O11. The molecule has 2 saturated heterocycles. The van der Waals surface area contributed by atoms with Crippen LogP contribution in [0.1, 0.15) is 56.1 Å². The van der Waals surface area contributed by atoms with E-state index in [1.165, 1.54) is 6.07 Å². The number of esters is 1. The van der Waals surface area contributed by atoms with Crippen molar-refractivity contribution in [2.45, 2.75) is 74.8 Å². The number of urea groups is 1. The summed E-state index contributed by atoms with van der Waals surface area (Å²) in [7, 11) is 0. The number of fused-ring (bicyclic) bond motifs is 4. The smallest absolute Gasteiger partial charge is 0.315 e. The third kappa shape index (κ3) is 4.34. The van der Waals surface area contributed by atoms with Gasteiger partial charge in [0.05, 0.1) is 30.4 Å². The lowest BCUT2D eigenvalue weighted by molar-refractivity contribution is -0.178. The standard InChI is InChI=1S/C30H33N3O11/c1-11-12-5-4-6-15(34)20(12)24(37)22-19(11)25(13-9-16(35)21(28(31)40)26(38)30(13,42)27(22)39)44-18(36)8-3-2-7-17-23-14(10-43-17)32-29(41)33-23/h4-6,11,13-14,17,19,23,25,34,37-38,42H,2-3,7-10H2,1H3,(H2,31,40)(H2,32,33,41)/t11-,13+,14?,17?,19+,23?,25+,30+/m0/s1. The lowest BCUT2D eigenvalue weighted by Gasteiger charge is -2.51. The number of Topliss-reactive ketones (excluding diaryl/α,β-unsaturated/α-hetero) is 2. The molecule has 3 amide bonds. The Morgan fingerprint density at radius 3 is 2.61 bits per heavy atom. The maximum absolute atomic E-state index is 14.0.